The Morgan fingerprint density at radius 3 is 2.32 bits per heavy atom. The number of aromatic nitrogens is 2. The summed E-state index contributed by atoms with van der Waals surface area (Å²) >= 11 is 0. The van der Waals surface area contributed by atoms with Crippen molar-refractivity contribution >= 4 is 5.78 Å². The molecule has 2 N–H and O–H groups in total. The van der Waals surface area contributed by atoms with E-state index < -0.39 is 17.2 Å². The first kappa shape index (κ1) is 17.5. The molecule has 0 radical (unpaired) electrons. The number of nitrogens with two attached hydrogens (primary N) is 1. The zero-order valence-electron chi connectivity index (χ0n) is 13.5. The highest BCUT2D eigenvalue weighted by Gasteiger charge is 2.45. The number of hydrogen-bond donors (Lipinski definition) is 1. The monoisotopic (exact) mass is 349 g/mol. The summed E-state index contributed by atoms with van der Waals surface area (Å²) in [5.41, 5.74) is 4.71. The normalized spacial score (nSPS) is 16.3. The Morgan fingerprint density at radius 1 is 1.16 bits per heavy atom. The number of Topliss-reactive ketones (excluding diaryl/α,β-unsaturated/α-hetero) is 1. The van der Waals surface area contributed by atoms with Gasteiger partial charge in [-0.2, -0.15) is 13.2 Å². The molecule has 4 nitrogen and oxygen atoms in total. The van der Waals surface area contributed by atoms with Gasteiger partial charge in [0.25, 0.3) is 0 Å². The van der Waals surface area contributed by atoms with E-state index in [1.54, 1.807) is 12.1 Å². The molecule has 0 atom stereocenters. The summed E-state index contributed by atoms with van der Waals surface area (Å²) in [7, 11) is 0. The van der Waals surface area contributed by atoms with Crippen molar-refractivity contribution in [2.45, 2.75) is 37.3 Å². The standard InChI is InChI=1S/C18H18F3N3O/c19-18(20,21)14-5-2-1-4-13(14)17(6-3-7-17)8-16-23-10-12(11-24-16)15(25)9-22/h1-2,4-5,10-11H,3,6-9,22H2. The second-order valence-electron chi connectivity index (χ2n) is 6.37. The molecule has 0 aliphatic heterocycles. The molecule has 0 bridgehead atoms. The van der Waals surface area contributed by atoms with E-state index in [1.807, 2.05) is 0 Å². The summed E-state index contributed by atoms with van der Waals surface area (Å²) in [6, 6.07) is 5.71. The van der Waals surface area contributed by atoms with E-state index in [0.29, 0.717) is 36.2 Å². The highest BCUT2D eigenvalue weighted by molar-refractivity contribution is 5.96. The number of halogens is 3. The van der Waals surface area contributed by atoms with E-state index in [0.717, 1.165) is 12.5 Å². The van der Waals surface area contributed by atoms with E-state index in [1.165, 1.54) is 18.5 Å². The van der Waals surface area contributed by atoms with Crippen LogP contribution in [0.25, 0.3) is 0 Å². The largest absolute Gasteiger partial charge is 0.416 e. The lowest BCUT2D eigenvalue weighted by molar-refractivity contribution is -0.139. The van der Waals surface area contributed by atoms with Gasteiger partial charge in [-0.15, -0.1) is 0 Å². The molecule has 0 unspecified atom stereocenters. The van der Waals surface area contributed by atoms with Crippen molar-refractivity contribution in [3.63, 3.8) is 0 Å². The summed E-state index contributed by atoms with van der Waals surface area (Å²) in [6.45, 7) is -0.133. The summed E-state index contributed by atoms with van der Waals surface area (Å²) in [4.78, 5) is 19.9. The topological polar surface area (TPSA) is 68.9 Å². The molecule has 1 aromatic heterocycles. The Bertz CT molecular complexity index is 768. The van der Waals surface area contributed by atoms with Crippen LogP contribution in [0.4, 0.5) is 13.2 Å². The van der Waals surface area contributed by atoms with Gasteiger partial charge in [0.15, 0.2) is 5.78 Å². The number of rotatable bonds is 5. The molecule has 132 valence electrons. The zero-order valence-corrected chi connectivity index (χ0v) is 13.5. The number of carbonyl (C=O) groups excluding carboxylic acids is 1. The van der Waals surface area contributed by atoms with Crippen molar-refractivity contribution in [1.82, 2.24) is 9.97 Å². The Kier molecular flexibility index (Phi) is 4.60. The lowest BCUT2D eigenvalue weighted by Crippen LogP contribution is -2.39. The smallest absolute Gasteiger partial charge is 0.324 e. The number of nitrogens with zero attached hydrogens (tertiary/aromatic N) is 2. The van der Waals surface area contributed by atoms with Gasteiger partial charge in [0.2, 0.25) is 0 Å². The van der Waals surface area contributed by atoms with Gasteiger partial charge >= 0.3 is 6.18 Å². The van der Waals surface area contributed by atoms with Gasteiger partial charge in [-0.25, -0.2) is 9.97 Å². The van der Waals surface area contributed by atoms with Crippen molar-refractivity contribution in [2.24, 2.45) is 5.73 Å². The van der Waals surface area contributed by atoms with Gasteiger partial charge in [0.05, 0.1) is 17.7 Å². The molecule has 0 spiro atoms. The molecule has 25 heavy (non-hydrogen) atoms. The Labute approximate surface area is 143 Å². The Morgan fingerprint density at radius 2 is 1.80 bits per heavy atom. The van der Waals surface area contributed by atoms with Crippen LogP contribution in [0.3, 0.4) is 0 Å². The van der Waals surface area contributed by atoms with Crippen LogP contribution in [0, 0.1) is 0 Å². The van der Waals surface area contributed by atoms with Crippen LogP contribution in [0.1, 0.15) is 46.6 Å². The van der Waals surface area contributed by atoms with Crippen LogP contribution in [-0.4, -0.2) is 22.3 Å². The van der Waals surface area contributed by atoms with Crippen molar-refractivity contribution in [2.75, 3.05) is 6.54 Å². The van der Waals surface area contributed by atoms with Gasteiger partial charge in [-0.1, -0.05) is 24.6 Å². The maximum absolute atomic E-state index is 13.4. The van der Waals surface area contributed by atoms with E-state index in [2.05, 4.69) is 9.97 Å². The molecule has 3 rings (SSSR count). The third-order valence-corrected chi connectivity index (χ3v) is 4.82. The van der Waals surface area contributed by atoms with Crippen LogP contribution < -0.4 is 5.73 Å². The van der Waals surface area contributed by atoms with Crippen LogP contribution in [0.15, 0.2) is 36.7 Å². The quantitative estimate of drug-likeness (QED) is 0.841. The van der Waals surface area contributed by atoms with Crippen molar-refractivity contribution < 1.29 is 18.0 Å². The number of ketones is 1. The van der Waals surface area contributed by atoms with E-state index >= 15 is 0 Å². The first-order valence-corrected chi connectivity index (χ1v) is 8.07. The second-order valence-corrected chi connectivity index (χ2v) is 6.37. The summed E-state index contributed by atoms with van der Waals surface area (Å²) in [6.07, 6.45) is 0.892. The minimum Gasteiger partial charge on any atom is -0.324 e. The average molecular weight is 349 g/mol. The fourth-order valence-corrected chi connectivity index (χ4v) is 3.35. The lowest BCUT2D eigenvalue weighted by atomic mass is 9.61. The molecule has 1 aliphatic carbocycles. The maximum Gasteiger partial charge on any atom is 0.416 e. The zero-order chi connectivity index (χ0) is 18.1. The first-order valence-electron chi connectivity index (χ1n) is 8.07. The molecule has 7 heteroatoms. The molecular weight excluding hydrogens is 331 g/mol. The highest BCUT2D eigenvalue weighted by Crippen LogP contribution is 2.49. The van der Waals surface area contributed by atoms with Crippen LogP contribution in [0.2, 0.25) is 0 Å². The van der Waals surface area contributed by atoms with E-state index in [-0.39, 0.29) is 12.3 Å². The molecule has 1 heterocycles. The third kappa shape index (κ3) is 3.42. The SMILES string of the molecule is NCC(=O)c1cnc(CC2(c3ccccc3C(F)(F)F)CCC2)nc1. The van der Waals surface area contributed by atoms with Crippen LogP contribution in [0.5, 0.6) is 0 Å². The van der Waals surface area contributed by atoms with E-state index in [9.17, 15) is 18.0 Å². The second kappa shape index (κ2) is 6.55. The molecule has 0 amide bonds. The Balaban J connectivity index is 1.91. The maximum atomic E-state index is 13.4. The number of carbonyl (C=O) groups is 1. The molecule has 0 saturated heterocycles. The van der Waals surface area contributed by atoms with Crippen LogP contribution in [-0.2, 0) is 18.0 Å². The fourth-order valence-electron chi connectivity index (χ4n) is 3.35. The number of benzene rings is 1. The van der Waals surface area contributed by atoms with Gasteiger partial charge in [-0.3, -0.25) is 4.79 Å². The molecule has 2 aromatic rings. The highest BCUT2D eigenvalue weighted by atomic mass is 19.4. The summed E-state index contributed by atoms with van der Waals surface area (Å²) < 4.78 is 40.1. The minimum atomic E-state index is -4.39. The third-order valence-electron chi connectivity index (χ3n) is 4.82. The van der Waals surface area contributed by atoms with E-state index in [4.69, 9.17) is 5.73 Å². The van der Waals surface area contributed by atoms with Crippen molar-refractivity contribution in [3.8, 4) is 0 Å². The van der Waals surface area contributed by atoms with Gasteiger partial charge in [0.1, 0.15) is 5.82 Å². The lowest BCUT2D eigenvalue weighted by Gasteiger charge is -2.43. The first-order chi connectivity index (χ1) is 11.9. The van der Waals surface area contributed by atoms with Crippen molar-refractivity contribution in [3.05, 3.63) is 59.2 Å². The van der Waals surface area contributed by atoms with Gasteiger partial charge in [-0.05, 0) is 24.5 Å². The predicted octanol–water partition coefficient (Wildman–Crippen LogP) is 3.30. The predicted molar refractivity (Wildman–Crippen MR) is 86.1 cm³/mol. The van der Waals surface area contributed by atoms with Gasteiger partial charge in [0, 0.05) is 24.2 Å². The summed E-state index contributed by atoms with van der Waals surface area (Å²) in [5.74, 6) is 0.164. The fraction of sp³-hybridized carbons (Fsp3) is 0.389. The van der Waals surface area contributed by atoms with Crippen molar-refractivity contribution in [1.29, 1.82) is 0 Å². The summed E-state index contributed by atoms with van der Waals surface area (Å²) in [5, 5.41) is 0. The molecule has 1 aromatic carbocycles. The molecule has 1 fully saturated rings. The average Bonchev–Trinajstić information content (AvgIpc) is 2.57. The molecule has 1 aliphatic rings. The number of hydrogen-bond acceptors (Lipinski definition) is 4. The molecular formula is C18H18F3N3O. The van der Waals surface area contributed by atoms with Crippen LogP contribution >= 0.6 is 0 Å². The van der Waals surface area contributed by atoms with Gasteiger partial charge < -0.3 is 5.73 Å². The minimum absolute atomic E-state index is 0.133. The molecule has 1 saturated carbocycles. The number of alkyl halides is 3. The Hall–Kier alpha value is -2.28.